The Bertz CT molecular complexity index is 935. The summed E-state index contributed by atoms with van der Waals surface area (Å²) in [6, 6.07) is 10.1. The van der Waals surface area contributed by atoms with Gasteiger partial charge in [0.05, 0.1) is 11.7 Å². The first-order valence-electron chi connectivity index (χ1n) is 8.15. The maximum Gasteiger partial charge on any atom is 0.131 e. The SMILES string of the molecule is CC(C)c1[nH]nc2ccccc12.CC(C)c1cc2n[nH]nc2cn1. The zero-order valence-corrected chi connectivity index (χ0v) is 14.4. The first-order valence-corrected chi connectivity index (χ1v) is 8.15. The van der Waals surface area contributed by atoms with Crippen molar-refractivity contribution in [2.75, 3.05) is 0 Å². The number of aromatic amines is 2. The summed E-state index contributed by atoms with van der Waals surface area (Å²) in [5, 5.41) is 19.0. The third-order valence-electron chi connectivity index (χ3n) is 3.88. The van der Waals surface area contributed by atoms with Crippen LogP contribution in [-0.4, -0.2) is 30.6 Å². The molecule has 0 saturated carbocycles. The van der Waals surface area contributed by atoms with E-state index < -0.39 is 0 Å². The first kappa shape index (κ1) is 16.1. The normalized spacial score (nSPS) is 11.2. The lowest BCUT2D eigenvalue weighted by Crippen LogP contribution is -1.91. The zero-order chi connectivity index (χ0) is 17.1. The van der Waals surface area contributed by atoms with Crippen LogP contribution in [0.1, 0.15) is 50.9 Å². The fourth-order valence-corrected chi connectivity index (χ4v) is 2.50. The summed E-state index contributed by atoms with van der Waals surface area (Å²) in [5.74, 6) is 0.948. The van der Waals surface area contributed by atoms with Crippen LogP contribution in [0.2, 0.25) is 0 Å². The highest BCUT2D eigenvalue weighted by molar-refractivity contribution is 5.81. The Hall–Kier alpha value is -2.76. The number of nitrogens with zero attached hydrogens (tertiary/aromatic N) is 4. The fraction of sp³-hybridized carbons (Fsp3) is 0.333. The minimum Gasteiger partial charge on any atom is -0.281 e. The van der Waals surface area contributed by atoms with Crippen LogP contribution >= 0.6 is 0 Å². The van der Waals surface area contributed by atoms with Crippen LogP contribution in [0.15, 0.2) is 36.5 Å². The van der Waals surface area contributed by atoms with Crippen molar-refractivity contribution in [1.82, 2.24) is 30.6 Å². The van der Waals surface area contributed by atoms with Crippen LogP contribution in [0.5, 0.6) is 0 Å². The molecule has 0 radical (unpaired) electrons. The van der Waals surface area contributed by atoms with Gasteiger partial charge in [0.2, 0.25) is 0 Å². The van der Waals surface area contributed by atoms with Gasteiger partial charge in [-0.25, -0.2) is 0 Å². The molecule has 4 rings (SSSR count). The van der Waals surface area contributed by atoms with E-state index in [1.165, 1.54) is 11.1 Å². The van der Waals surface area contributed by atoms with Crippen molar-refractivity contribution < 1.29 is 0 Å². The smallest absolute Gasteiger partial charge is 0.131 e. The second-order valence-corrected chi connectivity index (χ2v) is 6.39. The Morgan fingerprint density at radius 3 is 2.33 bits per heavy atom. The lowest BCUT2D eigenvalue weighted by molar-refractivity contribution is 0.818. The molecule has 3 heterocycles. The van der Waals surface area contributed by atoms with E-state index in [-0.39, 0.29) is 0 Å². The quantitative estimate of drug-likeness (QED) is 0.580. The van der Waals surface area contributed by atoms with E-state index in [2.05, 4.69) is 64.4 Å². The molecular formula is C18H22N6. The molecule has 0 amide bonds. The standard InChI is InChI=1S/C10H12N2.C8H10N4/c1-7(2)10-8-5-3-4-6-9(8)11-12-10;1-5(2)6-3-7-8(4-9-6)11-12-10-7/h3-7H,1-2H3,(H,11,12);3-5H,1-2H3,(H,10,11,12). The highest BCUT2D eigenvalue weighted by Crippen LogP contribution is 2.21. The molecule has 2 N–H and O–H groups in total. The van der Waals surface area contributed by atoms with Gasteiger partial charge in [0, 0.05) is 16.8 Å². The van der Waals surface area contributed by atoms with Crippen LogP contribution in [0, 0.1) is 0 Å². The second-order valence-electron chi connectivity index (χ2n) is 6.39. The van der Waals surface area contributed by atoms with Gasteiger partial charge in [0.15, 0.2) is 0 Å². The van der Waals surface area contributed by atoms with E-state index in [1.54, 1.807) is 6.20 Å². The van der Waals surface area contributed by atoms with E-state index in [0.717, 1.165) is 22.2 Å². The number of hydrogen-bond donors (Lipinski definition) is 2. The van der Waals surface area contributed by atoms with Crippen molar-refractivity contribution in [3.63, 3.8) is 0 Å². The van der Waals surface area contributed by atoms with E-state index in [9.17, 15) is 0 Å². The maximum atomic E-state index is 4.26. The lowest BCUT2D eigenvalue weighted by atomic mass is 10.1. The number of fused-ring (bicyclic) bond motifs is 2. The van der Waals surface area contributed by atoms with Crippen molar-refractivity contribution in [3.05, 3.63) is 47.9 Å². The highest BCUT2D eigenvalue weighted by Gasteiger charge is 2.06. The maximum absolute atomic E-state index is 4.26. The number of para-hydroxylation sites is 1. The topological polar surface area (TPSA) is 83.1 Å². The summed E-state index contributed by atoms with van der Waals surface area (Å²) in [6.07, 6.45) is 1.74. The minimum atomic E-state index is 0.436. The zero-order valence-electron chi connectivity index (χ0n) is 14.4. The molecule has 0 aliphatic heterocycles. The summed E-state index contributed by atoms with van der Waals surface area (Å²) in [6.45, 7) is 8.54. The highest BCUT2D eigenvalue weighted by atomic mass is 15.3. The number of rotatable bonds is 2. The molecule has 0 atom stereocenters. The number of benzene rings is 1. The van der Waals surface area contributed by atoms with Gasteiger partial charge >= 0.3 is 0 Å². The van der Waals surface area contributed by atoms with Crippen LogP contribution in [0.3, 0.4) is 0 Å². The van der Waals surface area contributed by atoms with Gasteiger partial charge < -0.3 is 0 Å². The van der Waals surface area contributed by atoms with Gasteiger partial charge in [0.25, 0.3) is 0 Å². The molecule has 0 aliphatic carbocycles. The molecular weight excluding hydrogens is 300 g/mol. The predicted octanol–water partition coefficient (Wildman–Crippen LogP) is 4.16. The Labute approximate surface area is 140 Å². The summed E-state index contributed by atoms with van der Waals surface area (Å²) < 4.78 is 0. The van der Waals surface area contributed by atoms with Crippen molar-refractivity contribution >= 4 is 21.9 Å². The molecule has 0 unspecified atom stereocenters. The van der Waals surface area contributed by atoms with Crippen LogP contribution in [0.4, 0.5) is 0 Å². The molecule has 6 nitrogen and oxygen atoms in total. The van der Waals surface area contributed by atoms with Crippen LogP contribution in [-0.2, 0) is 0 Å². The van der Waals surface area contributed by atoms with Crippen LogP contribution in [0.25, 0.3) is 21.9 Å². The average Bonchev–Trinajstić information content (AvgIpc) is 3.21. The van der Waals surface area contributed by atoms with Gasteiger partial charge in [0.1, 0.15) is 11.0 Å². The summed E-state index contributed by atoms with van der Waals surface area (Å²) in [5.41, 5.74) is 5.04. The van der Waals surface area contributed by atoms with Crippen molar-refractivity contribution in [2.24, 2.45) is 0 Å². The molecule has 3 aromatic heterocycles. The molecule has 1 aromatic carbocycles. The Kier molecular flexibility index (Phi) is 4.55. The van der Waals surface area contributed by atoms with Gasteiger partial charge in [-0.05, 0) is 24.0 Å². The molecule has 24 heavy (non-hydrogen) atoms. The van der Waals surface area contributed by atoms with E-state index in [4.69, 9.17) is 0 Å². The number of aromatic nitrogens is 6. The van der Waals surface area contributed by atoms with Crippen LogP contribution < -0.4 is 0 Å². The van der Waals surface area contributed by atoms with E-state index >= 15 is 0 Å². The predicted molar refractivity (Wildman–Crippen MR) is 96.0 cm³/mol. The number of hydrogen-bond acceptors (Lipinski definition) is 4. The Morgan fingerprint density at radius 2 is 1.58 bits per heavy atom. The molecule has 0 saturated heterocycles. The fourth-order valence-electron chi connectivity index (χ4n) is 2.50. The van der Waals surface area contributed by atoms with Crippen molar-refractivity contribution in [1.29, 1.82) is 0 Å². The number of nitrogens with one attached hydrogen (secondary N) is 2. The first-order chi connectivity index (χ1) is 11.6. The van der Waals surface area contributed by atoms with Crippen molar-refractivity contribution in [2.45, 2.75) is 39.5 Å². The van der Waals surface area contributed by atoms with E-state index in [0.29, 0.717) is 11.8 Å². The third-order valence-corrected chi connectivity index (χ3v) is 3.88. The molecule has 0 bridgehead atoms. The monoisotopic (exact) mass is 322 g/mol. The van der Waals surface area contributed by atoms with Crippen molar-refractivity contribution in [3.8, 4) is 0 Å². The molecule has 124 valence electrons. The van der Waals surface area contributed by atoms with Gasteiger partial charge in [-0.3, -0.25) is 10.1 Å². The minimum absolute atomic E-state index is 0.436. The van der Waals surface area contributed by atoms with Gasteiger partial charge in [-0.15, -0.1) is 0 Å². The summed E-state index contributed by atoms with van der Waals surface area (Å²) in [4.78, 5) is 4.26. The number of pyridine rings is 1. The molecule has 0 aliphatic rings. The summed E-state index contributed by atoms with van der Waals surface area (Å²) >= 11 is 0. The van der Waals surface area contributed by atoms with Gasteiger partial charge in [-0.2, -0.15) is 20.5 Å². The Balaban J connectivity index is 0.000000141. The average molecular weight is 322 g/mol. The Morgan fingerprint density at radius 1 is 0.833 bits per heavy atom. The third kappa shape index (κ3) is 3.27. The number of H-pyrrole nitrogens is 2. The second kappa shape index (κ2) is 6.78. The summed E-state index contributed by atoms with van der Waals surface area (Å²) in [7, 11) is 0. The van der Waals surface area contributed by atoms with Gasteiger partial charge in [-0.1, -0.05) is 45.9 Å². The molecule has 0 spiro atoms. The molecule has 4 aromatic rings. The molecule has 6 heteroatoms. The lowest BCUT2D eigenvalue weighted by Gasteiger charge is -2.01. The van der Waals surface area contributed by atoms with E-state index in [1.807, 2.05) is 24.3 Å². The molecule has 0 fully saturated rings. The largest absolute Gasteiger partial charge is 0.281 e.